The van der Waals surface area contributed by atoms with E-state index in [1.807, 2.05) is 0 Å². The van der Waals surface area contributed by atoms with Crippen LogP contribution in [-0.4, -0.2) is 27.1 Å². The first kappa shape index (κ1) is 17.0. The molecule has 0 aromatic heterocycles. The fourth-order valence-electron chi connectivity index (χ4n) is 2.38. The molecule has 0 saturated carbocycles. The van der Waals surface area contributed by atoms with Gasteiger partial charge in [0.05, 0.1) is 5.69 Å². The first-order valence-corrected chi connectivity index (χ1v) is 9.31. The van der Waals surface area contributed by atoms with Gasteiger partial charge >= 0.3 is 6.36 Å². The number of hydrogen-bond acceptors (Lipinski definition) is 4. The first-order chi connectivity index (χ1) is 11.3. The van der Waals surface area contributed by atoms with Gasteiger partial charge in [-0.05, 0) is 24.3 Å². The van der Waals surface area contributed by atoms with Gasteiger partial charge in [0.15, 0.2) is 0 Å². The van der Waals surface area contributed by atoms with Gasteiger partial charge in [0.2, 0.25) is 0 Å². The van der Waals surface area contributed by atoms with E-state index >= 15 is 0 Å². The van der Waals surface area contributed by atoms with Crippen LogP contribution in [0.25, 0.3) is 0 Å². The fraction of sp³-hybridized carbons (Fsp3) is 0.200. The largest absolute Gasteiger partial charge is 0.573 e. The van der Waals surface area contributed by atoms with Gasteiger partial charge in [-0.15, -0.1) is 24.9 Å². The molecule has 0 saturated heterocycles. The van der Waals surface area contributed by atoms with Crippen molar-refractivity contribution in [2.24, 2.45) is 0 Å². The van der Waals surface area contributed by atoms with Crippen molar-refractivity contribution in [2.45, 2.75) is 16.2 Å². The molecule has 1 aliphatic rings. The number of nitrogens with zero attached hydrogens (tertiary/aromatic N) is 1. The topological polar surface area (TPSA) is 46.6 Å². The maximum Gasteiger partial charge on any atom is 0.573 e. The van der Waals surface area contributed by atoms with Gasteiger partial charge in [0.1, 0.15) is 10.6 Å². The van der Waals surface area contributed by atoms with Crippen LogP contribution in [0.4, 0.5) is 18.9 Å². The Labute approximate surface area is 141 Å². The molecule has 0 fully saturated rings. The number of anilines is 1. The number of rotatable bonds is 3. The highest BCUT2D eigenvalue weighted by Crippen LogP contribution is 2.39. The van der Waals surface area contributed by atoms with Crippen LogP contribution >= 0.6 is 11.8 Å². The minimum atomic E-state index is -4.97. The molecule has 3 rings (SSSR count). The zero-order valence-corrected chi connectivity index (χ0v) is 13.8. The lowest BCUT2D eigenvalue weighted by Crippen LogP contribution is -2.36. The molecule has 0 N–H and O–H groups in total. The molecular formula is C15H12F3NO3S2. The van der Waals surface area contributed by atoms with Gasteiger partial charge in [-0.25, -0.2) is 8.42 Å². The van der Waals surface area contributed by atoms with Crippen molar-refractivity contribution in [3.05, 3.63) is 48.5 Å². The third kappa shape index (κ3) is 3.32. The maximum atomic E-state index is 12.9. The molecule has 4 nitrogen and oxygen atoms in total. The molecule has 2 aromatic rings. The quantitative estimate of drug-likeness (QED) is 0.817. The van der Waals surface area contributed by atoms with Crippen LogP contribution in [0.5, 0.6) is 5.75 Å². The molecule has 1 heterocycles. The van der Waals surface area contributed by atoms with Crippen LogP contribution in [0.3, 0.4) is 0 Å². The summed E-state index contributed by atoms with van der Waals surface area (Å²) in [6.07, 6.45) is -4.97. The lowest BCUT2D eigenvalue weighted by Gasteiger charge is -2.30. The number of alkyl halides is 3. The lowest BCUT2D eigenvalue weighted by atomic mass is 10.3. The van der Waals surface area contributed by atoms with Crippen molar-refractivity contribution in [1.82, 2.24) is 0 Å². The number of benzene rings is 2. The maximum absolute atomic E-state index is 12.9. The van der Waals surface area contributed by atoms with E-state index in [4.69, 9.17) is 0 Å². The van der Waals surface area contributed by atoms with Crippen molar-refractivity contribution in [2.75, 3.05) is 16.6 Å². The highest BCUT2D eigenvalue weighted by atomic mass is 32.2. The summed E-state index contributed by atoms with van der Waals surface area (Å²) in [5.74, 6) is -0.223. The van der Waals surface area contributed by atoms with E-state index in [0.717, 1.165) is 21.3 Å². The molecule has 0 amide bonds. The standard InChI is InChI=1S/C15H12F3NO3S2/c16-15(17,18)22-12-6-2-4-8-14(12)24(20,21)19-9-10-23-13-7-3-1-5-11(13)19/h1-8H,9-10H2. The average molecular weight is 375 g/mol. The molecule has 0 radical (unpaired) electrons. The van der Waals surface area contributed by atoms with Crippen molar-refractivity contribution in [3.8, 4) is 5.75 Å². The van der Waals surface area contributed by atoms with Crippen LogP contribution in [-0.2, 0) is 10.0 Å². The summed E-state index contributed by atoms with van der Waals surface area (Å²) < 4.78 is 68.5. The normalized spacial score (nSPS) is 15.0. The van der Waals surface area contributed by atoms with Crippen LogP contribution in [0, 0.1) is 0 Å². The second-order valence-corrected chi connectivity index (χ2v) is 7.86. The molecule has 0 bridgehead atoms. The Morgan fingerprint density at radius 2 is 1.71 bits per heavy atom. The number of ether oxygens (including phenoxy) is 1. The summed E-state index contributed by atoms with van der Waals surface area (Å²) in [5.41, 5.74) is 0.454. The van der Waals surface area contributed by atoms with Gasteiger partial charge in [-0.2, -0.15) is 0 Å². The zero-order valence-electron chi connectivity index (χ0n) is 12.2. The summed E-state index contributed by atoms with van der Waals surface area (Å²) in [7, 11) is -4.18. The minimum absolute atomic E-state index is 0.171. The van der Waals surface area contributed by atoms with Crippen LogP contribution in [0.1, 0.15) is 0 Å². The van der Waals surface area contributed by atoms with Crippen LogP contribution in [0.15, 0.2) is 58.3 Å². The van der Waals surface area contributed by atoms with E-state index in [1.165, 1.54) is 23.9 Å². The molecule has 2 aromatic carbocycles. The molecule has 24 heavy (non-hydrogen) atoms. The van der Waals surface area contributed by atoms with Crippen molar-refractivity contribution in [1.29, 1.82) is 0 Å². The highest BCUT2D eigenvalue weighted by Gasteiger charge is 2.36. The Hall–Kier alpha value is -1.87. The number of hydrogen-bond donors (Lipinski definition) is 0. The molecule has 0 atom stereocenters. The predicted molar refractivity (Wildman–Crippen MR) is 84.8 cm³/mol. The fourth-order valence-corrected chi connectivity index (χ4v) is 5.15. The lowest BCUT2D eigenvalue weighted by molar-refractivity contribution is -0.275. The van der Waals surface area contributed by atoms with Gasteiger partial charge in [-0.3, -0.25) is 4.31 Å². The monoisotopic (exact) mass is 375 g/mol. The summed E-state index contributed by atoms with van der Waals surface area (Å²) in [5, 5.41) is 0. The van der Waals surface area contributed by atoms with Crippen molar-refractivity contribution in [3.63, 3.8) is 0 Å². The SMILES string of the molecule is O=S(=O)(c1ccccc1OC(F)(F)F)N1CCSc2ccccc21. The first-order valence-electron chi connectivity index (χ1n) is 6.88. The Balaban J connectivity index is 2.07. The second-order valence-electron chi connectivity index (χ2n) is 4.89. The number of fused-ring (bicyclic) bond motifs is 1. The molecule has 1 aliphatic heterocycles. The minimum Gasteiger partial charge on any atom is -0.404 e. The summed E-state index contributed by atoms with van der Waals surface area (Å²) in [4.78, 5) is 0.255. The van der Waals surface area contributed by atoms with E-state index in [0.29, 0.717) is 11.4 Å². The van der Waals surface area contributed by atoms with Gasteiger partial charge < -0.3 is 4.74 Å². The molecule has 9 heteroatoms. The van der Waals surface area contributed by atoms with E-state index in [1.54, 1.807) is 24.3 Å². The van der Waals surface area contributed by atoms with E-state index in [2.05, 4.69) is 4.74 Å². The highest BCUT2D eigenvalue weighted by molar-refractivity contribution is 8.00. The van der Waals surface area contributed by atoms with Gasteiger partial charge in [-0.1, -0.05) is 24.3 Å². The number of thioether (sulfide) groups is 1. The third-order valence-corrected chi connectivity index (χ3v) is 6.22. The third-order valence-electron chi connectivity index (χ3n) is 3.33. The van der Waals surface area contributed by atoms with E-state index in [9.17, 15) is 21.6 Å². The van der Waals surface area contributed by atoms with Crippen LogP contribution < -0.4 is 9.04 Å². The van der Waals surface area contributed by atoms with Crippen LogP contribution in [0.2, 0.25) is 0 Å². The smallest absolute Gasteiger partial charge is 0.404 e. The Morgan fingerprint density at radius 3 is 2.46 bits per heavy atom. The summed E-state index contributed by atoms with van der Waals surface area (Å²) in [6.45, 7) is 0.171. The second kappa shape index (κ2) is 6.21. The summed E-state index contributed by atoms with van der Waals surface area (Å²) >= 11 is 1.50. The Bertz CT molecular complexity index is 853. The molecule has 128 valence electrons. The van der Waals surface area contributed by atoms with E-state index in [-0.39, 0.29) is 6.54 Å². The predicted octanol–water partition coefficient (Wildman–Crippen LogP) is 3.89. The average Bonchev–Trinajstić information content (AvgIpc) is 2.53. The van der Waals surface area contributed by atoms with Gasteiger partial charge in [0.25, 0.3) is 10.0 Å². The zero-order chi connectivity index (χ0) is 17.4. The van der Waals surface area contributed by atoms with E-state index < -0.39 is 27.0 Å². The number of sulfonamides is 1. The number of para-hydroxylation sites is 2. The molecule has 0 spiro atoms. The molecule has 0 aliphatic carbocycles. The molecular weight excluding hydrogens is 363 g/mol. The number of halogens is 3. The van der Waals surface area contributed by atoms with Crippen molar-refractivity contribution < 1.29 is 26.3 Å². The van der Waals surface area contributed by atoms with Crippen molar-refractivity contribution >= 4 is 27.5 Å². The summed E-state index contributed by atoms with van der Waals surface area (Å²) in [6, 6.07) is 11.6. The molecule has 0 unspecified atom stereocenters. The Kier molecular flexibility index (Phi) is 4.39. The Morgan fingerprint density at radius 1 is 1.04 bits per heavy atom. The van der Waals surface area contributed by atoms with Gasteiger partial charge in [0, 0.05) is 17.2 Å².